The van der Waals surface area contributed by atoms with Crippen molar-refractivity contribution in [2.45, 2.75) is 46.7 Å². The van der Waals surface area contributed by atoms with Gasteiger partial charge in [0.2, 0.25) is 0 Å². The summed E-state index contributed by atoms with van der Waals surface area (Å²) in [5.74, 6) is 0.787. The molecule has 0 saturated carbocycles. The first-order valence-corrected chi connectivity index (χ1v) is 10.1. The number of aryl methyl sites for hydroxylation is 2. The van der Waals surface area contributed by atoms with Crippen LogP contribution in [0.4, 0.5) is 0 Å². The summed E-state index contributed by atoms with van der Waals surface area (Å²) in [6.45, 7) is 9.50. The number of methoxy groups -OCH3 is 2. The maximum Gasteiger partial charge on any atom is 0.341 e. The number of carbonyl (C=O) groups excluding carboxylic acids is 1. The van der Waals surface area contributed by atoms with Gasteiger partial charge >= 0.3 is 5.97 Å². The predicted molar refractivity (Wildman–Crippen MR) is 134 cm³/mol. The van der Waals surface area contributed by atoms with E-state index in [0.29, 0.717) is 17.9 Å². The van der Waals surface area contributed by atoms with Crippen LogP contribution in [0.1, 0.15) is 46.7 Å². The fourth-order valence-corrected chi connectivity index (χ4v) is 3.31. The molecule has 1 unspecified atom stereocenters. The highest BCUT2D eigenvalue weighted by Crippen LogP contribution is 2.21. The van der Waals surface area contributed by atoms with Crippen LogP contribution in [0.2, 0.25) is 0 Å². The van der Waals surface area contributed by atoms with E-state index >= 15 is 0 Å². The zero-order valence-electron chi connectivity index (χ0n) is 19.4. The van der Waals surface area contributed by atoms with Gasteiger partial charge in [0.05, 0.1) is 26.5 Å². The maximum absolute atomic E-state index is 11.8. The second-order valence-electron chi connectivity index (χ2n) is 7.24. The van der Waals surface area contributed by atoms with Crippen LogP contribution in [0, 0.1) is 13.8 Å². The lowest BCUT2D eigenvalue weighted by atomic mass is 10.1. The molecule has 0 aliphatic rings. The van der Waals surface area contributed by atoms with Gasteiger partial charge in [-0.05, 0) is 57.4 Å². The first kappa shape index (κ1) is 26.7. The summed E-state index contributed by atoms with van der Waals surface area (Å²) in [4.78, 5) is 16.5. The van der Waals surface area contributed by atoms with Gasteiger partial charge in [0, 0.05) is 25.3 Å². The Morgan fingerprint density at radius 3 is 2.55 bits per heavy atom. The quantitative estimate of drug-likeness (QED) is 0.230. The lowest BCUT2D eigenvalue weighted by Gasteiger charge is -2.18. The number of aromatic nitrogens is 2. The van der Waals surface area contributed by atoms with Crippen LogP contribution in [0.25, 0.3) is 0 Å². The van der Waals surface area contributed by atoms with E-state index in [1.807, 2.05) is 37.7 Å². The van der Waals surface area contributed by atoms with Crippen LogP contribution in [0.5, 0.6) is 5.75 Å². The summed E-state index contributed by atoms with van der Waals surface area (Å²) in [7, 11) is 4.85. The Morgan fingerprint density at radius 2 is 2.00 bits per heavy atom. The minimum Gasteiger partial charge on any atom is -0.496 e. The summed E-state index contributed by atoms with van der Waals surface area (Å²) < 4.78 is 12.0. The fourth-order valence-electron chi connectivity index (χ4n) is 3.31. The van der Waals surface area contributed by atoms with Crippen molar-refractivity contribution in [3.63, 3.8) is 0 Å². The molecule has 9 heteroatoms. The van der Waals surface area contributed by atoms with E-state index in [-0.39, 0.29) is 30.0 Å². The van der Waals surface area contributed by atoms with Crippen LogP contribution in [0.15, 0.2) is 23.2 Å². The molecule has 0 amide bonds. The molecule has 0 spiro atoms. The number of hydrogen-bond donors (Lipinski definition) is 2. The van der Waals surface area contributed by atoms with Gasteiger partial charge in [-0.15, -0.1) is 24.0 Å². The van der Waals surface area contributed by atoms with Gasteiger partial charge in [-0.3, -0.25) is 4.68 Å². The van der Waals surface area contributed by atoms with Crippen molar-refractivity contribution in [2.75, 3.05) is 20.8 Å². The Bertz CT molecular complexity index is 911. The lowest BCUT2D eigenvalue weighted by Crippen LogP contribution is -2.43. The zero-order chi connectivity index (χ0) is 22.3. The van der Waals surface area contributed by atoms with Crippen molar-refractivity contribution in [1.82, 2.24) is 20.4 Å². The third kappa shape index (κ3) is 7.12. The van der Waals surface area contributed by atoms with E-state index in [4.69, 9.17) is 9.47 Å². The highest BCUT2D eigenvalue weighted by atomic mass is 127. The number of nitrogens with one attached hydrogen (secondary N) is 2. The van der Waals surface area contributed by atoms with Crippen LogP contribution in [0.3, 0.4) is 0 Å². The van der Waals surface area contributed by atoms with E-state index in [1.54, 1.807) is 6.07 Å². The van der Waals surface area contributed by atoms with Gasteiger partial charge in [-0.2, -0.15) is 5.10 Å². The summed E-state index contributed by atoms with van der Waals surface area (Å²) >= 11 is 0. The monoisotopic (exact) mass is 543 g/mol. The maximum atomic E-state index is 11.8. The topological polar surface area (TPSA) is 89.8 Å². The molecule has 8 nitrogen and oxygen atoms in total. The highest BCUT2D eigenvalue weighted by Gasteiger charge is 2.15. The molecule has 0 aliphatic carbocycles. The van der Waals surface area contributed by atoms with Gasteiger partial charge in [0.15, 0.2) is 5.96 Å². The highest BCUT2D eigenvalue weighted by molar-refractivity contribution is 14.0. The predicted octanol–water partition coefficient (Wildman–Crippen LogP) is 3.14. The molecule has 0 radical (unpaired) electrons. The van der Waals surface area contributed by atoms with Crippen molar-refractivity contribution in [3.05, 3.63) is 46.3 Å². The third-order valence-electron chi connectivity index (χ3n) is 4.99. The van der Waals surface area contributed by atoms with E-state index in [0.717, 1.165) is 30.2 Å². The number of aliphatic imine (C=N–C) groups is 1. The third-order valence-corrected chi connectivity index (χ3v) is 4.99. The van der Waals surface area contributed by atoms with Crippen LogP contribution < -0.4 is 15.4 Å². The van der Waals surface area contributed by atoms with Gasteiger partial charge in [0.25, 0.3) is 0 Å². The number of esters is 1. The molecule has 2 N–H and O–H groups in total. The lowest BCUT2D eigenvalue weighted by molar-refractivity contribution is 0.0597. The Labute approximate surface area is 201 Å². The van der Waals surface area contributed by atoms with E-state index < -0.39 is 5.97 Å². The molecule has 172 valence electrons. The number of nitrogens with zero attached hydrogens (tertiary/aromatic N) is 3. The van der Waals surface area contributed by atoms with Crippen molar-refractivity contribution in [1.29, 1.82) is 0 Å². The van der Waals surface area contributed by atoms with E-state index in [1.165, 1.54) is 25.5 Å². The Balaban J connectivity index is 0.00000480. The van der Waals surface area contributed by atoms with Gasteiger partial charge in [0.1, 0.15) is 11.3 Å². The molecule has 31 heavy (non-hydrogen) atoms. The van der Waals surface area contributed by atoms with Crippen LogP contribution in [-0.4, -0.2) is 48.5 Å². The number of benzene rings is 1. The molecule has 1 aromatic heterocycles. The smallest absolute Gasteiger partial charge is 0.341 e. The zero-order valence-corrected chi connectivity index (χ0v) is 21.7. The number of guanidine groups is 1. The second kappa shape index (κ2) is 12.5. The number of carbonyl (C=O) groups is 1. The van der Waals surface area contributed by atoms with Crippen molar-refractivity contribution in [3.8, 4) is 5.75 Å². The van der Waals surface area contributed by atoms with Crippen LogP contribution in [-0.2, 0) is 24.8 Å². The molecule has 0 aliphatic heterocycles. The number of hydrogen-bond acceptors (Lipinski definition) is 5. The van der Waals surface area contributed by atoms with Crippen molar-refractivity contribution >= 4 is 35.9 Å². The standard InChI is InChI=1S/C22H33N5O3.HI/c1-8-23-22(25-14(2)11-19-15(3)26-27(5)16(19)4)24-13-17-9-10-18(21(28)30-7)20(12-17)29-6;/h9-10,12,14H,8,11,13H2,1-7H3,(H2,23,24,25);1H. The van der Waals surface area contributed by atoms with Gasteiger partial charge in [-0.25, -0.2) is 9.79 Å². The second-order valence-corrected chi connectivity index (χ2v) is 7.24. The Kier molecular flexibility index (Phi) is 10.8. The SMILES string of the molecule is CCNC(=NCc1ccc(C(=O)OC)c(OC)c1)NC(C)Cc1c(C)nn(C)c1C.I. The summed E-state index contributed by atoms with van der Waals surface area (Å²) in [6.07, 6.45) is 0.859. The van der Waals surface area contributed by atoms with Gasteiger partial charge < -0.3 is 20.1 Å². The number of ether oxygens (including phenoxy) is 2. The molecular formula is C22H34IN5O3. The number of halogens is 1. The first-order chi connectivity index (χ1) is 14.3. The largest absolute Gasteiger partial charge is 0.496 e. The summed E-state index contributed by atoms with van der Waals surface area (Å²) in [6, 6.07) is 5.55. The van der Waals surface area contributed by atoms with E-state index in [2.05, 4.69) is 34.6 Å². The van der Waals surface area contributed by atoms with Crippen molar-refractivity contribution in [2.24, 2.45) is 12.0 Å². The molecule has 1 aromatic carbocycles. The average Bonchev–Trinajstić information content (AvgIpc) is 2.97. The number of rotatable bonds is 8. The molecule has 0 bridgehead atoms. The minimum atomic E-state index is -0.424. The molecule has 2 rings (SSSR count). The Morgan fingerprint density at radius 1 is 1.29 bits per heavy atom. The molecule has 1 atom stereocenters. The minimum absolute atomic E-state index is 0. The first-order valence-electron chi connectivity index (χ1n) is 10.1. The molecule has 1 heterocycles. The normalized spacial score (nSPS) is 12.0. The molecule has 0 fully saturated rings. The Hall–Kier alpha value is -2.30. The fraction of sp³-hybridized carbons (Fsp3) is 0.500. The molecule has 2 aromatic rings. The van der Waals surface area contributed by atoms with Crippen molar-refractivity contribution < 1.29 is 14.3 Å². The van der Waals surface area contributed by atoms with E-state index in [9.17, 15) is 4.79 Å². The molecular weight excluding hydrogens is 509 g/mol. The van der Waals surface area contributed by atoms with Crippen LogP contribution >= 0.6 is 24.0 Å². The summed E-state index contributed by atoms with van der Waals surface area (Å²) in [5.41, 5.74) is 4.83. The summed E-state index contributed by atoms with van der Waals surface area (Å²) in [5, 5.41) is 11.2. The average molecular weight is 543 g/mol. The molecule has 0 saturated heterocycles. The van der Waals surface area contributed by atoms with Gasteiger partial charge in [-0.1, -0.05) is 6.07 Å².